The van der Waals surface area contributed by atoms with Crippen LogP contribution in [-0.2, 0) is 15.1 Å². The van der Waals surface area contributed by atoms with Gasteiger partial charge in [0.2, 0.25) is 0 Å². The Balaban J connectivity index is 2.00. The highest BCUT2D eigenvalue weighted by atomic mass is 16.6. The van der Waals surface area contributed by atoms with E-state index in [1.165, 1.54) is 7.11 Å². The van der Waals surface area contributed by atoms with Crippen molar-refractivity contribution in [2.45, 2.75) is 50.6 Å². The first-order chi connectivity index (χ1) is 11.6. The van der Waals surface area contributed by atoms with Gasteiger partial charge in [0.1, 0.15) is 29.2 Å². The van der Waals surface area contributed by atoms with Gasteiger partial charge in [-0.25, -0.2) is 9.59 Å². The summed E-state index contributed by atoms with van der Waals surface area (Å²) in [7, 11) is 1.53. The molecule has 0 saturated carbocycles. The van der Waals surface area contributed by atoms with Gasteiger partial charge in [0.05, 0.1) is 7.11 Å². The van der Waals surface area contributed by atoms with E-state index in [2.05, 4.69) is 5.32 Å². The van der Waals surface area contributed by atoms with E-state index in [0.717, 1.165) is 4.90 Å². The summed E-state index contributed by atoms with van der Waals surface area (Å²) < 4.78 is 10.5. The Morgan fingerprint density at radius 3 is 2.60 bits per heavy atom. The number of carbonyl (C=O) groups is 2. The zero-order chi connectivity index (χ0) is 18.6. The predicted octanol–water partition coefficient (Wildman–Crippen LogP) is 1.73. The van der Waals surface area contributed by atoms with Crippen molar-refractivity contribution >= 4 is 17.7 Å². The minimum Gasteiger partial charge on any atom is -0.497 e. The highest BCUT2D eigenvalue weighted by Crippen LogP contribution is 2.50. The molecule has 0 radical (unpaired) electrons. The number of methoxy groups -OCH3 is 1. The third-order valence-electron chi connectivity index (χ3n) is 4.45. The van der Waals surface area contributed by atoms with E-state index in [9.17, 15) is 19.8 Å². The van der Waals surface area contributed by atoms with E-state index >= 15 is 0 Å². The number of benzene rings is 1. The summed E-state index contributed by atoms with van der Waals surface area (Å²) in [5.41, 5.74) is -1.16. The first-order valence-electron chi connectivity index (χ1n) is 7.98. The summed E-state index contributed by atoms with van der Waals surface area (Å²) in [6.07, 6.45) is -1.84. The Kier molecular flexibility index (Phi) is 3.83. The van der Waals surface area contributed by atoms with Gasteiger partial charge in [0, 0.05) is 23.7 Å². The molecule has 25 heavy (non-hydrogen) atoms. The number of carboxylic acid groups (broad SMARTS) is 1. The Labute approximate surface area is 145 Å². The molecule has 2 heterocycles. The third-order valence-corrected chi connectivity index (χ3v) is 4.45. The van der Waals surface area contributed by atoms with E-state index in [0.29, 0.717) is 17.0 Å². The zero-order valence-corrected chi connectivity index (χ0v) is 14.6. The van der Waals surface area contributed by atoms with Gasteiger partial charge >= 0.3 is 12.1 Å². The lowest BCUT2D eigenvalue weighted by molar-refractivity contribution is -0.142. The van der Waals surface area contributed by atoms with Crippen LogP contribution < -0.4 is 10.1 Å². The smallest absolute Gasteiger partial charge is 0.412 e. The van der Waals surface area contributed by atoms with Gasteiger partial charge in [0.25, 0.3) is 0 Å². The van der Waals surface area contributed by atoms with Crippen molar-refractivity contribution in [2.75, 3.05) is 12.4 Å². The van der Waals surface area contributed by atoms with Gasteiger partial charge < -0.3 is 25.0 Å². The second-order valence-electron chi connectivity index (χ2n) is 7.33. The van der Waals surface area contributed by atoms with Crippen molar-refractivity contribution in [1.29, 1.82) is 0 Å². The Morgan fingerprint density at radius 2 is 2.04 bits per heavy atom. The van der Waals surface area contributed by atoms with Crippen LogP contribution in [0.5, 0.6) is 5.75 Å². The lowest BCUT2D eigenvalue weighted by atomic mass is 9.91. The van der Waals surface area contributed by atoms with Crippen LogP contribution in [0.4, 0.5) is 10.5 Å². The van der Waals surface area contributed by atoms with Crippen LogP contribution in [0.1, 0.15) is 32.8 Å². The van der Waals surface area contributed by atoms with Crippen LogP contribution in [0.3, 0.4) is 0 Å². The van der Waals surface area contributed by atoms with Crippen molar-refractivity contribution in [3.63, 3.8) is 0 Å². The largest absolute Gasteiger partial charge is 0.497 e. The normalized spacial score (nSPS) is 27.3. The number of nitrogens with zero attached hydrogens (tertiary/aromatic N) is 1. The number of fused-ring (bicyclic) bond motifs is 3. The topological polar surface area (TPSA) is 108 Å². The van der Waals surface area contributed by atoms with Crippen molar-refractivity contribution in [1.82, 2.24) is 4.90 Å². The highest BCUT2D eigenvalue weighted by Gasteiger charge is 2.61. The maximum atomic E-state index is 12.6. The number of aliphatic hydroxyl groups is 1. The zero-order valence-electron chi connectivity index (χ0n) is 14.6. The lowest BCUT2D eigenvalue weighted by Crippen LogP contribution is -2.51. The molecular formula is C17H22N2O6. The summed E-state index contributed by atoms with van der Waals surface area (Å²) in [6, 6.07) is 3.88. The highest BCUT2D eigenvalue weighted by molar-refractivity contribution is 5.83. The van der Waals surface area contributed by atoms with Gasteiger partial charge in [-0.15, -0.1) is 0 Å². The molecule has 136 valence electrons. The molecule has 1 aromatic carbocycles. The second kappa shape index (κ2) is 5.52. The fourth-order valence-corrected chi connectivity index (χ4v) is 3.41. The third kappa shape index (κ3) is 2.76. The molecule has 8 heteroatoms. The molecule has 0 aliphatic carbocycles. The Morgan fingerprint density at radius 1 is 1.36 bits per heavy atom. The van der Waals surface area contributed by atoms with Crippen LogP contribution in [0.2, 0.25) is 0 Å². The van der Waals surface area contributed by atoms with Gasteiger partial charge in [-0.2, -0.15) is 0 Å². The molecule has 2 aliphatic rings. The average Bonchev–Trinajstić information content (AvgIpc) is 2.93. The summed E-state index contributed by atoms with van der Waals surface area (Å²) in [5, 5.41) is 23.7. The van der Waals surface area contributed by atoms with Gasteiger partial charge in [-0.3, -0.25) is 4.90 Å². The van der Waals surface area contributed by atoms with E-state index < -0.39 is 35.5 Å². The number of hydrogen-bond donors (Lipinski definition) is 3. The minimum atomic E-state index is -1.51. The fourth-order valence-electron chi connectivity index (χ4n) is 3.41. The van der Waals surface area contributed by atoms with Crippen molar-refractivity contribution in [3.05, 3.63) is 23.8 Å². The van der Waals surface area contributed by atoms with E-state index in [1.54, 1.807) is 39.0 Å². The molecule has 8 nitrogen and oxygen atoms in total. The first kappa shape index (κ1) is 17.3. The van der Waals surface area contributed by atoms with Crippen LogP contribution in [0.25, 0.3) is 0 Å². The monoisotopic (exact) mass is 350 g/mol. The molecule has 1 fully saturated rings. The number of carboxylic acids is 1. The molecule has 2 aliphatic heterocycles. The standard InChI is InChI=1S/C17H22N2O6/c1-16(2,3)25-15(22)19-12(13(20)21)8-17(23)10-6-5-9(24-4)7-11(10)18-14(17)19/h5-7,12,14,18,23H,8H2,1-4H3,(H,20,21). The number of ether oxygens (including phenoxy) is 2. The van der Waals surface area contributed by atoms with E-state index in [1.807, 2.05) is 0 Å². The maximum Gasteiger partial charge on any atom is 0.412 e. The molecule has 0 bridgehead atoms. The number of amides is 1. The van der Waals surface area contributed by atoms with E-state index in [-0.39, 0.29) is 6.42 Å². The number of nitrogens with one attached hydrogen (secondary N) is 1. The number of carbonyl (C=O) groups excluding carboxylic acids is 1. The quantitative estimate of drug-likeness (QED) is 0.745. The van der Waals surface area contributed by atoms with Crippen molar-refractivity contribution < 1.29 is 29.3 Å². The molecule has 0 aromatic heterocycles. The van der Waals surface area contributed by atoms with Crippen LogP contribution >= 0.6 is 0 Å². The number of rotatable bonds is 2. The summed E-state index contributed by atoms with van der Waals surface area (Å²) >= 11 is 0. The summed E-state index contributed by atoms with van der Waals surface area (Å²) in [6.45, 7) is 5.10. The maximum absolute atomic E-state index is 12.6. The molecule has 3 rings (SSSR count). The molecule has 1 saturated heterocycles. The summed E-state index contributed by atoms with van der Waals surface area (Å²) in [4.78, 5) is 25.3. The molecule has 3 unspecified atom stereocenters. The number of likely N-dealkylation sites (tertiary alicyclic amines) is 1. The first-order valence-corrected chi connectivity index (χ1v) is 7.98. The van der Waals surface area contributed by atoms with E-state index in [4.69, 9.17) is 9.47 Å². The minimum absolute atomic E-state index is 0.126. The Bertz CT molecular complexity index is 728. The van der Waals surface area contributed by atoms with Crippen molar-refractivity contribution in [2.24, 2.45) is 0 Å². The molecule has 1 amide bonds. The average molecular weight is 350 g/mol. The molecular weight excluding hydrogens is 328 g/mol. The van der Waals surface area contributed by atoms with Gasteiger partial charge in [0.15, 0.2) is 0 Å². The fraction of sp³-hybridized carbons (Fsp3) is 0.529. The summed E-state index contributed by atoms with van der Waals surface area (Å²) in [5.74, 6) is -0.598. The van der Waals surface area contributed by atoms with Crippen LogP contribution in [0.15, 0.2) is 18.2 Å². The predicted molar refractivity (Wildman–Crippen MR) is 88.4 cm³/mol. The SMILES string of the molecule is COc1ccc2c(c1)NC1N(C(=O)OC(C)(C)C)C(C(=O)O)CC21O. The molecule has 3 N–H and O–H groups in total. The number of anilines is 1. The number of aliphatic carboxylic acids is 1. The number of hydrogen-bond acceptors (Lipinski definition) is 6. The van der Waals surface area contributed by atoms with Crippen LogP contribution in [-0.4, -0.2) is 52.1 Å². The van der Waals surface area contributed by atoms with Crippen LogP contribution in [0, 0.1) is 0 Å². The lowest BCUT2D eigenvalue weighted by Gasteiger charge is -2.31. The molecule has 0 spiro atoms. The Hall–Kier alpha value is -2.48. The second-order valence-corrected chi connectivity index (χ2v) is 7.33. The molecule has 3 atom stereocenters. The van der Waals surface area contributed by atoms with Crippen molar-refractivity contribution in [3.8, 4) is 5.75 Å². The molecule has 1 aromatic rings. The van der Waals surface area contributed by atoms with Gasteiger partial charge in [-0.1, -0.05) is 6.07 Å². The van der Waals surface area contributed by atoms with Gasteiger partial charge in [-0.05, 0) is 26.8 Å².